The molecule has 0 saturated carbocycles. The summed E-state index contributed by atoms with van der Waals surface area (Å²) in [6.07, 6.45) is 2.82. The summed E-state index contributed by atoms with van der Waals surface area (Å²) in [5.74, 6) is 0.830. The zero-order chi connectivity index (χ0) is 24.5. The average molecular weight is 459 g/mol. The molecule has 0 aliphatic carbocycles. The van der Waals surface area contributed by atoms with E-state index in [2.05, 4.69) is 26.3 Å². The molecule has 9 nitrogen and oxygen atoms in total. The van der Waals surface area contributed by atoms with Crippen LogP contribution in [0, 0.1) is 11.3 Å². The topological polar surface area (TPSA) is 113 Å². The SMILES string of the molecule is COc1ncccc1Nc1nccc(-c2cc(C#N)c3c(c2)C(C)CN3C(=O)OC(C)(C)C)n1. The van der Waals surface area contributed by atoms with E-state index in [9.17, 15) is 10.1 Å². The van der Waals surface area contributed by atoms with Crippen LogP contribution < -0.4 is 15.0 Å². The third-order valence-corrected chi connectivity index (χ3v) is 5.29. The van der Waals surface area contributed by atoms with Gasteiger partial charge in [0.2, 0.25) is 11.8 Å². The van der Waals surface area contributed by atoms with Crippen molar-refractivity contribution in [2.45, 2.75) is 39.2 Å². The van der Waals surface area contributed by atoms with Crippen molar-refractivity contribution in [2.24, 2.45) is 0 Å². The number of ether oxygens (including phenoxy) is 2. The van der Waals surface area contributed by atoms with Crippen molar-refractivity contribution < 1.29 is 14.3 Å². The fourth-order valence-corrected chi connectivity index (χ4v) is 3.86. The summed E-state index contributed by atoms with van der Waals surface area (Å²) in [6.45, 7) is 7.93. The van der Waals surface area contributed by atoms with E-state index in [1.54, 1.807) is 42.6 Å². The molecule has 2 aromatic heterocycles. The first-order valence-corrected chi connectivity index (χ1v) is 10.9. The number of benzene rings is 1. The van der Waals surface area contributed by atoms with Gasteiger partial charge in [-0.1, -0.05) is 6.92 Å². The van der Waals surface area contributed by atoms with Gasteiger partial charge in [0, 0.05) is 30.4 Å². The first-order valence-electron chi connectivity index (χ1n) is 10.9. The number of hydrogen-bond acceptors (Lipinski definition) is 8. The molecule has 34 heavy (non-hydrogen) atoms. The maximum Gasteiger partial charge on any atom is 0.414 e. The quantitative estimate of drug-likeness (QED) is 0.580. The lowest BCUT2D eigenvalue weighted by Crippen LogP contribution is -2.36. The summed E-state index contributed by atoms with van der Waals surface area (Å²) in [5.41, 5.74) is 3.30. The van der Waals surface area contributed by atoms with Crippen LogP contribution in [0.3, 0.4) is 0 Å². The molecule has 1 aliphatic heterocycles. The molecule has 1 aliphatic rings. The summed E-state index contributed by atoms with van der Waals surface area (Å²) in [5, 5.41) is 13.0. The van der Waals surface area contributed by atoms with E-state index in [0.29, 0.717) is 41.0 Å². The highest BCUT2D eigenvalue weighted by atomic mass is 16.6. The zero-order valence-corrected chi connectivity index (χ0v) is 19.8. The first-order chi connectivity index (χ1) is 16.2. The standard InChI is InChI=1S/C25H26N6O3/c1-15-14-31(24(32)34-25(2,3)4)21-17(13-26)11-16(12-18(15)21)19-8-10-28-23(29-19)30-20-7-6-9-27-22(20)33-5/h6-12,15H,14H2,1-5H3,(H,28,29,30). The van der Waals surface area contributed by atoms with Crippen LogP contribution in [0.2, 0.25) is 0 Å². The van der Waals surface area contributed by atoms with Crippen LogP contribution in [0.1, 0.15) is 44.7 Å². The number of methoxy groups -OCH3 is 1. The van der Waals surface area contributed by atoms with Gasteiger partial charge in [-0.05, 0) is 56.7 Å². The second-order valence-corrected chi connectivity index (χ2v) is 9.02. The monoisotopic (exact) mass is 458 g/mol. The number of nitrogens with zero attached hydrogens (tertiary/aromatic N) is 5. The number of aromatic nitrogens is 3. The van der Waals surface area contributed by atoms with Crippen molar-refractivity contribution in [1.29, 1.82) is 5.26 Å². The normalized spacial score (nSPS) is 14.8. The smallest absolute Gasteiger partial charge is 0.414 e. The largest absolute Gasteiger partial charge is 0.480 e. The van der Waals surface area contributed by atoms with Crippen molar-refractivity contribution in [3.05, 3.63) is 53.9 Å². The molecule has 174 valence electrons. The predicted molar refractivity (Wildman–Crippen MR) is 128 cm³/mol. The predicted octanol–water partition coefficient (Wildman–Crippen LogP) is 5.02. The number of anilines is 3. The molecule has 1 atom stereocenters. The van der Waals surface area contributed by atoms with E-state index in [1.165, 1.54) is 0 Å². The van der Waals surface area contributed by atoms with Crippen LogP contribution in [0.25, 0.3) is 11.3 Å². The second kappa shape index (κ2) is 8.98. The highest BCUT2D eigenvalue weighted by Crippen LogP contribution is 2.42. The maximum atomic E-state index is 12.8. The van der Waals surface area contributed by atoms with E-state index < -0.39 is 11.7 Å². The van der Waals surface area contributed by atoms with E-state index in [0.717, 1.165) is 11.1 Å². The molecular weight excluding hydrogens is 432 g/mol. The van der Waals surface area contributed by atoms with E-state index in [4.69, 9.17) is 9.47 Å². The second-order valence-electron chi connectivity index (χ2n) is 9.02. The maximum absolute atomic E-state index is 12.8. The van der Waals surface area contributed by atoms with Gasteiger partial charge in [-0.15, -0.1) is 0 Å². The number of nitrogens with one attached hydrogen (secondary N) is 1. The van der Waals surface area contributed by atoms with Crippen molar-refractivity contribution in [1.82, 2.24) is 15.0 Å². The average Bonchev–Trinajstić information content (AvgIpc) is 3.15. The van der Waals surface area contributed by atoms with E-state index >= 15 is 0 Å². The Balaban J connectivity index is 1.70. The Kier molecular flexibility index (Phi) is 6.07. The third kappa shape index (κ3) is 4.62. The number of rotatable bonds is 4. The lowest BCUT2D eigenvalue weighted by Gasteiger charge is -2.25. The molecule has 0 saturated heterocycles. The minimum Gasteiger partial charge on any atom is -0.480 e. The Bertz CT molecular complexity index is 1280. The Morgan fingerprint density at radius 3 is 2.74 bits per heavy atom. The molecule has 4 rings (SSSR count). The van der Waals surface area contributed by atoms with Crippen molar-refractivity contribution >= 4 is 23.4 Å². The lowest BCUT2D eigenvalue weighted by molar-refractivity contribution is 0.0582. The summed E-state index contributed by atoms with van der Waals surface area (Å²) in [7, 11) is 1.54. The summed E-state index contributed by atoms with van der Waals surface area (Å²) in [6, 6.07) is 11.3. The van der Waals surface area contributed by atoms with Gasteiger partial charge in [-0.3, -0.25) is 4.90 Å². The lowest BCUT2D eigenvalue weighted by atomic mass is 9.96. The minimum absolute atomic E-state index is 0.0358. The molecule has 0 spiro atoms. The van der Waals surface area contributed by atoms with Gasteiger partial charge in [0.15, 0.2) is 0 Å². The summed E-state index contributed by atoms with van der Waals surface area (Å²) >= 11 is 0. The molecule has 0 radical (unpaired) electrons. The number of nitriles is 1. The molecule has 3 aromatic rings. The highest BCUT2D eigenvalue weighted by Gasteiger charge is 2.35. The minimum atomic E-state index is -0.628. The molecule has 1 N–H and O–H groups in total. The molecule has 3 heterocycles. The molecular formula is C25H26N6O3. The van der Waals surface area contributed by atoms with E-state index in [1.807, 2.05) is 39.8 Å². The number of amides is 1. The Morgan fingerprint density at radius 1 is 1.24 bits per heavy atom. The number of hydrogen-bond donors (Lipinski definition) is 1. The van der Waals surface area contributed by atoms with Gasteiger partial charge in [-0.25, -0.2) is 19.7 Å². The summed E-state index contributed by atoms with van der Waals surface area (Å²) < 4.78 is 10.8. The Hall–Kier alpha value is -4.19. The molecule has 9 heteroatoms. The van der Waals surface area contributed by atoms with Gasteiger partial charge in [0.1, 0.15) is 17.4 Å². The molecule has 1 aromatic carbocycles. The first kappa shape index (κ1) is 23.0. The van der Waals surface area contributed by atoms with E-state index in [-0.39, 0.29) is 5.92 Å². The van der Waals surface area contributed by atoms with Crippen molar-refractivity contribution in [3.63, 3.8) is 0 Å². The number of carbonyl (C=O) groups excluding carboxylic acids is 1. The molecule has 1 unspecified atom stereocenters. The van der Waals surface area contributed by atoms with Crippen LogP contribution in [-0.4, -0.2) is 40.3 Å². The molecule has 0 bridgehead atoms. The fourth-order valence-electron chi connectivity index (χ4n) is 3.86. The van der Waals surface area contributed by atoms with Gasteiger partial charge in [-0.2, -0.15) is 5.26 Å². The van der Waals surface area contributed by atoms with Crippen LogP contribution in [0.4, 0.5) is 22.1 Å². The van der Waals surface area contributed by atoms with Crippen LogP contribution in [0.5, 0.6) is 5.88 Å². The van der Waals surface area contributed by atoms with Gasteiger partial charge in [0.25, 0.3) is 0 Å². The highest BCUT2D eigenvalue weighted by molar-refractivity contribution is 5.94. The van der Waals surface area contributed by atoms with Crippen molar-refractivity contribution in [3.8, 4) is 23.2 Å². The van der Waals surface area contributed by atoms with Gasteiger partial charge >= 0.3 is 6.09 Å². The van der Waals surface area contributed by atoms with Crippen molar-refractivity contribution in [2.75, 3.05) is 23.9 Å². The van der Waals surface area contributed by atoms with Crippen LogP contribution >= 0.6 is 0 Å². The Morgan fingerprint density at radius 2 is 2.03 bits per heavy atom. The van der Waals surface area contributed by atoms with Crippen LogP contribution in [0.15, 0.2) is 42.7 Å². The zero-order valence-electron chi connectivity index (χ0n) is 19.8. The number of fused-ring (bicyclic) bond motifs is 1. The number of carbonyl (C=O) groups is 1. The molecule has 1 amide bonds. The van der Waals surface area contributed by atoms with Crippen LogP contribution in [-0.2, 0) is 4.74 Å². The molecule has 0 fully saturated rings. The third-order valence-electron chi connectivity index (χ3n) is 5.29. The number of pyridine rings is 1. The Labute approximate surface area is 198 Å². The fraction of sp³-hybridized carbons (Fsp3) is 0.320. The van der Waals surface area contributed by atoms with Gasteiger partial charge in [0.05, 0.1) is 24.1 Å². The van der Waals surface area contributed by atoms with Gasteiger partial charge < -0.3 is 14.8 Å². The summed E-state index contributed by atoms with van der Waals surface area (Å²) in [4.78, 5) is 27.4.